The Morgan fingerprint density at radius 2 is 1.67 bits per heavy atom. The zero-order chi connectivity index (χ0) is 19.4. The second-order valence-corrected chi connectivity index (χ2v) is 6.41. The number of hydrogen-bond acceptors (Lipinski definition) is 3. The minimum Gasteiger partial charge on any atom is -0.478 e. The van der Waals surface area contributed by atoms with Gasteiger partial charge in [-0.25, -0.2) is 9.18 Å². The Labute approximate surface area is 155 Å². The van der Waals surface area contributed by atoms with Crippen molar-refractivity contribution >= 4 is 17.8 Å². The van der Waals surface area contributed by atoms with Gasteiger partial charge in [-0.05, 0) is 43.2 Å². The van der Waals surface area contributed by atoms with Gasteiger partial charge in [0.1, 0.15) is 5.82 Å². The van der Waals surface area contributed by atoms with Gasteiger partial charge in [0.05, 0.1) is 11.1 Å². The van der Waals surface area contributed by atoms with Crippen molar-refractivity contribution in [3.05, 3.63) is 71.0 Å². The summed E-state index contributed by atoms with van der Waals surface area (Å²) in [6.45, 7) is 0.775. The largest absolute Gasteiger partial charge is 0.478 e. The van der Waals surface area contributed by atoms with Crippen LogP contribution in [0.2, 0.25) is 0 Å². The molecule has 2 amide bonds. The number of likely N-dealkylation sites (tertiary alicyclic amines) is 1. The highest BCUT2D eigenvalue weighted by molar-refractivity contribution is 5.96. The molecule has 0 aromatic heterocycles. The van der Waals surface area contributed by atoms with Crippen LogP contribution in [-0.2, 0) is 0 Å². The van der Waals surface area contributed by atoms with Crippen molar-refractivity contribution in [1.29, 1.82) is 0 Å². The molecule has 3 rings (SSSR count). The Hall–Kier alpha value is -3.22. The summed E-state index contributed by atoms with van der Waals surface area (Å²) in [5.74, 6) is -2.73. The van der Waals surface area contributed by atoms with Crippen LogP contribution in [0.4, 0.5) is 4.39 Å². The van der Waals surface area contributed by atoms with Crippen molar-refractivity contribution in [3.8, 4) is 0 Å². The van der Waals surface area contributed by atoms with Gasteiger partial charge in [-0.2, -0.15) is 0 Å². The number of carboxylic acids is 1. The molecule has 0 radical (unpaired) electrons. The zero-order valence-electron chi connectivity index (χ0n) is 14.5. The third-order valence-electron chi connectivity index (χ3n) is 4.60. The second-order valence-electron chi connectivity index (χ2n) is 6.41. The van der Waals surface area contributed by atoms with Gasteiger partial charge < -0.3 is 15.3 Å². The molecule has 6 nitrogen and oxygen atoms in total. The highest BCUT2D eigenvalue weighted by Gasteiger charge is 2.26. The maximum absolute atomic E-state index is 14.1. The molecule has 2 N–H and O–H groups in total. The number of nitrogens with zero attached hydrogens (tertiary/aromatic N) is 1. The maximum Gasteiger partial charge on any atom is 0.335 e. The molecule has 0 spiro atoms. The molecule has 0 saturated carbocycles. The Morgan fingerprint density at radius 3 is 2.26 bits per heavy atom. The van der Waals surface area contributed by atoms with E-state index in [2.05, 4.69) is 5.32 Å². The lowest BCUT2D eigenvalue weighted by molar-refractivity contribution is 0.0677. The summed E-state index contributed by atoms with van der Waals surface area (Å²) in [7, 11) is 0. The summed E-state index contributed by atoms with van der Waals surface area (Å²) >= 11 is 0. The molecule has 0 aliphatic carbocycles. The molecule has 1 aliphatic heterocycles. The number of piperidine rings is 1. The summed E-state index contributed by atoms with van der Waals surface area (Å²) in [6, 6.07) is 12.1. The average Bonchev–Trinajstić information content (AvgIpc) is 2.68. The highest BCUT2D eigenvalue weighted by atomic mass is 19.1. The first kappa shape index (κ1) is 18.6. The lowest BCUT2D eigenvalue weighted by atomic mass is 10.0. The number of carbonyl (C=O) groups excluding carboxylic acids is 2. The van der Waals surface area contributed by atoms with E-state index in [9.17, 15) is 18.8 Å². The van der Waals surface area contributed by atoms with E-state index in [-0.39, 0.29) is 23.1 Å². The van der Waals surface area contributed by atoms with Crippen LogP contribution >= 0.6 is 0 Å². The van der Waals surface area contributed by atoms with Crippen molar-refractivity contribution in [1.82, 2.24) is 10.2 Å². The van der Waals surface area contributed by atoms with E-state index in [1.807, 2.05) is 6.07 Å². The molecular weight excluding hydrogens is 351 g/mol. The van der Waals surface area contributed by atoms with Crippen molar-refractivity contribution in [2.45, 2.75) is 18.9 Å². The van der Waals surface area contributed by atoms with Crippen LogP contribution in [-0.4, -0.2) is 46.9 Å². The first-order valence-corrected chi connectivity index (χ1v) is 8.63. The third kappa shape index (κ3) is 4.31. The molecule has 2 aromatic carbocycles. The van der Waals surface area contributed by atoms with Crippen LogP contribution in [0.5, 0.6) is 0 Å². The first-order chi connectivity index (χ1) is 13.0. The van der Waals surface area contributed by atoms with E-state index in [0.29, 0.717) is 31.5 Å². The smallest absolute Gasteiger partial charge is 0.335 e. The van der Waals surface area contributed by atoms with Gasteiger partial charge in [-0.1, -0.05) is 18.2 Å². The monoisotopic (exact) mass is 370 g/mol. The number of carbonyl (C=O) groups is 3. The highest BCUT2D eigenvalue weighted by Crippen LogP contribution is 2.18. The summed E-state index contributed by atoms with van der Waals surface area (Å²) < 4.78 is 14.1. The number of aromatic carboxylic acids is 1. The van der Waals surface area contributed by atoms with E-state index >= 15 is 0 Å². The normalized spacial score (nSPS) is 14.6. The summed E-state index contributed by atoms with van der Waals surface area (Å²) in [5.41, 5.74) is 0.231. The Bertz CT molecular complexity index is 862. The van der Waals surface area contributed by atoms with Crippen molar-refractivity contribution in [2.75, 3.05) is 13.1 Å². The van der Waals surface area contributed by atoms with Crippen LogP contribution in [0.15, 0.2) is 48.5 Å². The van der Waals surface area contributed by atoms with Gasteiger partial charge in [0.15, 0.2) is 0 Å². The number of carboxylic acid groups (broad SMARTS) is 1. The predicted octanol–water partition coefficient (Wildman–Crippen LogP) is 2.56. The Morgan fingerprint density at radius 1 is 1.00 bits per heavy atom. The lowest BCUT2D eigenvalue weighted by Crippen LogP contribution is -2.46. The number of amides is 2. The van der Waals surface area contributed by atoms with Crippen LogP contribution in [0.1, 0.15) is 43.9 Å². The maximum atomic E-state index is 14.1. The van der Waals surface area contributed by atoms with E-state index in [4.69, 9.17) is 5.11 Å². The fraction of sp³-hybridized carbons (Fsp3) is 0.250. The molecule has 1 heterocycles. The summed E-state index contributed by atoms with van der Waals surface area (Å²) in [4.78, 5) is 37.1. The number of hydrogen-bond donors (Lipinski definition) is 2. The second kappa shape index (κ2) is 7.99. The van der Waals surface area contributed by atoms with Gasteiger partial charge in [-0.3, -0.25) is 9.59 Å². The number of benzene rings is 2. The number of rotatable bonds is 4. The van der Waals surface area contributed by atoms with E-state index in [1.165, 1.54) is 17.0 Å². The van der Waals surface area contributed by atoms with Crippen molar-refractivity contribution in [2.24, 2.45) is 0 Å². The van der Waals surface area contributed by atoms with E-state index in [0.717, 1.165) is 6.07 Å². The SMILES string of the molecule is O=C(O)c1ccc(C(=O)N2CCC(NC(=O)c3ccccc3)CC2)c(F)c1. The van der Waals surface area contributed by atoms with E-state index in [1.54, 1.807) is 24.3 Å². The van der Waals surface area contributed by atoms with Gasteiger partial charge in [-0.15, -0.1) is 0 Å². The summed E-state index contributed by atoms with van der Waals surface area (Å²) in [6.07, 6.45) is 1.14. The molecule has 2 aromatic rings. The molecule has 1 aliphatic rings. The van der Waals surface area contributed by atoms with Crippen molar-refractivity contribution < 1.29 is 23.9 Å². The number of halogens is 1. The summed E-state index contributed by atoms with van der Waals surface area (Å²) in [5, 5.41) is 11.8. The zero-order valence-corrected chi connectivity index (χ0v) is 14.5. The Balaban J connectivity index is 1.58. The van der Waals surface area contributed by atoms with Gasteiger partial charge in [0.2, 0.25) is 0 Å². The van der Waals surface area contributed by atoms with E-state index < -0.39 is 17.7 Å². The molecule has 0 atom stereocenters. The molecular formula is C20H19FN2O4. The van der Waals surface area contributed by atoms with Crippen molar-refractivity contribution in [3.63, 3.8) is 0 Å². The fourth-order valence-electron chi connectivity index (χ4n) is 3.08. The molecule has 0 unspecified atom stereocenters. The molecule has 0 bridgehead atoms. The first-order valence-electron chi connectivity index (χ1n) is 8.63. The molecule has 27 heavy (non-hydrogen) atoms. The molecule has 140 valence electrons. The van der Waals surface area contributed by atoms with Gasteiger partial charge in [0.25, 0.3) is 11.8 Å². The van der Waals surface area contributed by atoms with Gasteiger partial charge in [0, 0.05) is 24.7 Å². The lowest BCUT2D eigenvalue weighted by Gasteiger charge is -2.32. The van der Waals surface area contributed by atoms with Crippen LogP contribution < -0.4 is 5.32 Å². The number of nitrogens with one attached hydrogen (secondary N) is 1. The predicted molar refractivity (Wildman–Crippen MR) is 96.2 cm³/mol. The topological polar surface area (TPSA) is 86.7 Å². The fourth-order valence-corrected chi connectivity index (χ4v) is 3.08. The third-order valence-corrected chi connectivity index (χ3v) is 4.60. The molecule has 1 fully saturated rings. The van der Waals surface area contributed by atoms with Crippen LogP contribution in [0.3, 0.4) is 0 Å². The van der Waals surface area contributed by atoms with Gasteiger partial charge >= 0.3 is 5.97 Å². The Kier molecular flexibility index (Phi) is 5.49. The van der Waals surface area contributed by atoms with Crippen LogP contribution in [0.25, 0.3) is 0 Å². The quantitative estimate of drug-likeness (QED) is 0.866. The minimum absolute atomic E-state index is 0.0546. The average molecular weight is 370 g/mol. The standard InChI is InChI=1S/C20H19FN2O4/c21-17-12-14(20(26)27)6-7-16(17)19(25)23-10-8-15(9-11-23)22-18(24)13-4-2-1-3-5-13/h1-7,12,15H,8-11H2,(H,22,24)(H,26,27). The van der Waals surface area contributed by atoms with Crippen LogP contribution in [0, 0.1) is 5.82 Å². The minimum atomic E-state index is -1.25. The molecule has 7 heteroatoms. The molecule has 1 saturated heterocycles.